The summed E-state index contributed by atoms with van der Waals surface area (Å²) in [4.78, 5) is 26.4. The Kier molecular flexibility index (Phi) is 13.6. The Labute approximate surface area is 185 Å². The van der Waals surface area contributed by atoms with Crippen LogP contribution in [0.15, 0.2) is 84.2 Å². The van der Waals surface area contributed by atoms with Crippen LogP contribution in [0.4, 0.5) is 5.82 Å². The van der Waals surface area contributed by atoms with Gasteiger partial charge in [-0.1, -0.05) is 42.5 Å². The van der Waals surface area contributed by atoms with E-state index in [0.717, 1.165) is 30.8 Å². The van der Waals surface area contributed by atoms with Gasteiger partial charge in [-0.05, 0) is 38.1 Å². The molecule has 0 amide bonds. The van der Waals surface area contributed by atoms with E-state index in [1.807, 2.05) is 66.7 Å². The number of hydrazone groups is 1. The molecule has 0 bridgehead atoms. The van der Waals surface area contributed by atoms with E-state index < -0.39 is 11.9 Å². The average molecular weight is 447 g/mol. The van der Waals surface area contributed by atoms with Gasteiger partial charge in [-0.25, -0.2) is 4.98 Å². The number of carbonyl (C=O) groups is 2. The number of rotatable bonds is 4. The number of nitrogens with one attached hydrogen (secondary N) is 1. The molecule has 9 heteroatoms. The van der Waals surface area contributed by atoms with Crippen molar-refractivity contribution in [2.75, 3.05) is 5.43 Å². The van der Waals surface area contributed by atoms with E-state index in [1.54, 1.807) is 12.4 Å². The van der Waals surface area contributed by atoms with E-state index in [-0.39, 0.29) is 17.1 Å². The fourth-order valence-electron chi connectivity index (χ4n) is 1.91. The first-order valence-electron chi connectivity index (χ1n) is 8.47. The molecule has 1 N–H and O–H groups in total. The molecule has 0 saturated heterocycles. The van der Waals surface area contributed by atoms with Gasteiger partial charge in [0.15, 0.2) is 0 Å². The van der Waals surface area contributed by atoms with E-state index in [0.29, 0.717) is 5.82 Å². The number of pyridine rings is 2. The molecule has 0 saturated carbocycles. The largest absolute Gasteiger partial charge is 2.00 e. The maximum absolute atomic E-state index is 8.89. The van der Waals surface area contributed by atoms with Gasteiger partial charge in [0.1, 0.15) is 11.5 Å². The minimum atomic E-state index is -1.08. The van der Waals surface area contributed by atoms with E-state index in [4.69, 9.17) is 19.8 Å². The molecule has 30 heavy (non-hydrogen) atoms. The van der Waals surface area contributed by atoms with Crippen molar-refractivity contribution >= 4 is 23.5 Å². The summed E-state index contributed by atoms with van der Waals surface area (Å²) >= 11 is 0. The smallest absolute Gasteiger partial charge is 0.550 e. The zero-order valence-corrected chi connectivity index (χ0v) is 17.5. The second-order valence-electron chi connectivity index (χ2n) is 5.35. The Morgan fingerprint density at radius 3 is 1.77 bits per heavy atom. The van der Waals surface area contributed by atoms with Crippen LogP contribution in [0.1, 0.15) is 25.1 Å². The zero-order chi connectivity index (χ0) is 21.5. The fraction of sp³-hybridized carbons (Fsp3) is 0.0952. The van der Waals surface area contributed by atoms with Crippen molar-refractivity contribution in [2.45, 2.75) is 13.8 Å². The van der Waals surface area contributed by atoms with Crippen molar-refractivity contribution in [2.24, 2.45) is 5.10 Å². The fourth-order valence-corrected chi connectivity index (χ4v) is 1.91. The standard InChI is InChI=1S/C17H14N4.2C2H4O2.Mn/c1-2-8-14(9-3-1)17(15-10-4-6-12-18-15)21-20-16-11-5-7-13-19-16;2*1-2(3)4;/h1-13H,(H,19,20);2*1H3,(H,3,4);/q;;;+2/p-2. The second-order valence-corrected chi connectivity index (χ2v) is 5.35. The quantitative estimate of drug-likeness (QED) is 0.356. The molecular formula is C21H20MnN4O4. The van der Waals surface area contributed by atoms with E-state index >= 15 is 0 Å². The number of benzene rings is 1. The first-order valence-corrected chi connectivity index (χ1v) is 8.47. The van der Waals surface area contributed by atoms with Crippen molar-refractivity contribution < 1.29 is 36.9 Å². The molecule has 155 valence electrons. The summed E-state index contributed by atoms with van der Waals surface area (Å²) in [6.07, 6.45) is 3.48. The van der Waals surface area contributed by atoms with Gasteiger partial charge >= 0.3 is 17.1 Å². The molecule has 8 nitrogen and oxygen atoms in total. The van der Waals surface area contributed by atoms with Crippen LogP contribution in [0.25, 0.3) is 0 Å². The number of carbonyl (C=O) groups excluding carboxylic acids is 2. The zero-order valence-electron chi connectivity index (χ0n) is 16.4. The molecule has 0 aliphatic heterocycles. The molecule has 2 heterocycles. The molecule has 0 spiro atoms. The van der Waals surface area contributed by atoms with Gasteiger partial charge < -0.3 is 19.8 Å². The van der Waals surface area contributed by atoms with Gasteiger partial charge in [0.05, 0.1) is 5.69 Å². The van der Waals surface area contributed by atoms with Crippen LogP contribution in [0.3, 0.4) is 0 Å². The molecule has 2 aromatic heterocycles. The van der Waals surface area contributed by atoms with Crippen LogP contribution in [-0.4, -0.2) is 27.6 Å². The first kappa shape index (κ1) is 26.4. The molecular weight excluding hydrogens is 427 g/mol. The number of anilines is 1. The third kappa shape index (κ3) is 12.0. The Hall–Kier alpha value is -3.55. The third-order valence-corrected chi connectivity index (χ3v) is 2.90. The summed E-state index contributed by atoms with van der Waals surface area (Å²) in [5, 5.41) is 22.3. The van der Waals surface area contributed by atoms with Crippen molar-refractivity contribution in [3.05, 3.63) is 90.4 Å². The molecule has 0 unspecified atom stereocenters. The van der Waals surface area contributed by atoms with Gasteiger partial charge in [-0.2, -0.15) is 5.10 Å². The third-order valence-electron chi connectivity index (χ3n) is 2.90. The maximum atomic E-state index is 8.89. The molecule has 3 aromatic rings. The molecule has 0 fully saturated rings. The van der Waals surface area contributed by atoms with Crippen molar-refractivity contribution in [3.63, 3.8) is 0 Å². The molecule has 0 atom stereocenters. The van der Waals surface area contributed by atoms with Crippen LogP contribution in [0, 0.1) is 0 Å². The molecule has 1 radical (unpaired) electrons. The Balaban J connectivity index is 0.000000808. The topological polar surface area (TPSA) is 130 Å². The summed E-state index contributed by atoms with van der Waals surface area (Å²) in [7, 11) is 0. The van der Waals surface area contributed by atoms with Gasteiger partial charge in [-0.15, -0.1) is 0 Å². The van der Waals surface area contributed by atoms with Crippen LogP contribution in [0.2, 0.25) is 0 Å². The summed E-state index contributed by atoms with van der Waals surface area (Å²) < 4.78 is 0. The molecule has 0 aliphatic carbocycles. The number of aliphatic carboxylic acids is 2. The van der Waals surface area contributed by atoms with E-state index in [9.17, 15) is 0 Å². The average Bonchev–Trinajstić information content (AvgIpc) is 2.70. The number of carboxylic acid groups (broad SMARTS) is 2. The van der Waals surface area contributed by atoms with Gasteiger partial charge in [0, 0.05) is 29.9 Å². The monoisotopic (exact) mass is 447 g/mol. The van der Waals surface area contributed by atoms with Crippen molar-refractivity contribution in [1.29, 1.82) is 0 Å². The van der Waals surface area contributed by atoms with Crippen molar-refractivity contribution in [3.8, 4) is 0 Å². The van der Waals surface area contributed by atoms with Gasteiger partial charge in [0.2, 0.25) is 0 Å². The summed E-state index contributed by atoms with van der Waals surface area (Å²) in [6.45, 7) is 1.94. The number of aromatic nitrogens is 2. The molecule has 1 aromatic carbocycles. The predicted octanol–water partition coefficient (Wildman–Crippen LogP) is 0.851. The van der Waals surface area contributed by atoms with Gasteiger partial charge in [-0.3, -0.25) is 10.4 Å². The predicted molar refractivity (Wildman–Crippen MR) is 106 cm³/mol. The van der Waals surface area contributed by atoms with Crippen LogP contribution < -0.4 is 15.6 Å². The number of carboxylic acids is 2. The minimum absolute atomic E-state index is 0. The van der Waals surface area contributed by atoms with E-state index in [1.165, 1.54) is 0 Å². The summed E-state index contributed by atoms with van der Waals surface area (Å²) in [5.74, 6) is -1.47. The molecule has 3 rings (SSSR count). The Morgan fingerprint density at radius 2 is 1.30 bits per heavy atom. The SMILES string of the molecule is CC(=O)[O-].CC(=O)[O-].[Mn+2].c1ccc(C(=NNc2ccccn2)c2ccccn2)cc1. The minimum Gasteiger partial charge on any atom is -0.550 e. The van der Waals surface area contributed by atoms with Crippen molar-refractivity contribution in [1.82, 2.24) is 9.97 Å². The van der Waals surface area contributed by atoms with Crippen LogP contribution >= 0.6 is 0 Å². The van der Waals surface area contributed by atoms with E-state index in [2.05, 4.69) is 20.5 Å². The van der Waals surface area contributed by atoms with Crippen LogP contribution in [-0.2, 0) is 26.7 Å². The van der Waals surface area contributed by atoms with Gasteiger partial charge in [0.25, 0.3) is 0 Å². The Bertz CT molecular complexity index is 847. The Morgan fingerprint density at radius 1 is 0.800 bits per heavy atom. The molecule has 0 aliphatic rings. The first-order chi connectivity index (χ1) is 13.9. The summed E-state index contributed by atoms with van der Waals surface area (Å²) in [6, 6.07) is 21.4. The van der Waals surface area contributed by atoms with Crippen LogP contribution in [0.5, 0.6) is 0 Å². The summed E-state index contributed by atoms with van der Waals surface area (Å²) in [5.41, 5.74) is 5.57. The second kappa shape index (κ2) is 15.4. The number of hydrogen-bond donors (Lipinski definition) is 1. The normalized spacial score (nSPS) is 9.47. The maximum Gasteiger partial charge on any atom is 2.00 e. The number of hydrogen-bond acceptors (Lipinski definition) is 8. The number of nitrogens with zero attached hydrogens (tertiary/aromatic N) is 3.